The number of carbonyl (C=O) groups is 2. The fraction of sp³-hybridized carbons (Fsp3) is 0.348. The number of oxazole rings is 1. The highest BCUT2D eigenvalue weighted by molar-refractivity contribution is 7.13. The zero-order valence-electron chi connectivity index (χ0n) is 18.0. The predicted molar refractivity (Wildman–Crippen MR) is 122 cm³/mol. The van der Waals surface area contributed by atoms with E-state index in [1.165, 1.54) is 11.3 Å². The molecule has 0 aliphatic carbocycles. The van der Waals surface area contributed by atoms with Gasteiger partial charge < -0.3 is 24.1 Å². The van der Waals surface area contributed by atoms with Crippen LogP contribution in [0.25, 0.3) is 10.8 Å². The van der Waals surface area contributed by atoms with E-state index >= 15 is 0 Å². The van der Waals surface area contributed by atoms with Crippen LogP contribution in [-0.4, -0.2) is 49.3 Å². The van der Waals surface area contributed by atoms with Crippen molar-refractivity contribution in [3.63, 3.8) is 0 Å². The highest BCUT2D eigenvalue weighted by Crippen LogP contribution is 2.26. The molecule has 1 N–H and O–H groups in total. The molecule has 3 aromatic rings. The number of nitrogens with zero attached hydrogens (tertiary/aromatic N) is 2. The number of nitrogens with one attached hydrogen (secondary N) is 1. The van der Waals surface area contributed by atoms with Gasteiger partial charge in [0.2, 0.25) is 5.89 Å². The Morgan fingerprint density at radius 2 is 1.97 bits per heavy atom. The van der Waals surface area contributed by atoms with Crippen molar-refractivity contribution in [1.29, 1.82) is 0 Å². The molecule has 1 saturated heterocycles. The van der Waals surface area contributed by atoms with E-state index in [1.807, 2.05) is 41.8 Å². The van der Waals surface area contributed by atoms with Gasteiger partial charge in [0, 0.05) is 24.5 Å². The van der Waals surface area contributed by atoms with Crippen molar-refractivity contribution in [3.8, 4) is 10.8 Å². The molecule has 32 heavy (non-hydrogen) atoms. The molecule has 1 atom stereocenters. The second kappa shape index (κ2) is 9.97. The first kappa shape index (κ1) is 22.0. The second-order valence-corrected chi connectivity index (χ2v) is 8.39. The van der Waals surface area contributed by atoms with E-state index in [0.717, 1.165) is 23.7 Å². The third kappa shape index (κ3) is 5.35. The number of esters is 1. The van der Waals surface area contributed by atoms with Gasteiger partial charge in [-0.15, -0.1) is 11.3 Å². The Morgan fingerprint density at radius 3 is 2.66 bits per heavy atom. The van der Waals surface area contributed by atoms with Crippen LogP contribution < -0.4 is 10.2 Å². The lowest BCUT2D eigenvalue weighted by atomic mass is 10.2. The largest absolute Gasteiger partial charge is 0.452 e. The normalized spacial score (nSPS) is 14.8. The Morgan fingerprint density at radius 1 is 1.22 bits per heavy atom. The van der Waals surface area contributed by atoms with Gasteiger partial charge in [0.15, 0.2) is 6.10 Å². The van der Waals surface area contributed by atoms with E-state index in [9.17, 15) is 9.59 Å². The van der Waals surface area contributed by atoms with Gasteiger partial charge in [-0.05, 0) is 49.6 Å². The van der Waals surface area contributed by atoms with Gasteiger partial charge in [-0.2, -0.15) is 0 Å². The lowest BCUT2D eigenvalue weighted by Gasteiger charge is -2.28. The number of carbonyl (C=O) groups excluding carboxylic acids is 2. The molecule has 1 amide bonds. The fourth-order valence-electron chi connectivity index (χ4n) is 3.35. The van der Waals surface area contributed by atoms with Gasteiger partial charge >= 0.3 is 5.97 Å². The zero-order valence-corrected chi connectivity index (χ0v) is 18.8. The van der Waals surface area contributed by atoms with Gasteiger partial charge in [0.05, 0.1) is 30.2 Å². The predicted octanol–water partition coefficient (Wildman–Crippen LogP) is 3.66. The molecular formula is C23H25N3O5S. The Labute approximate surface area is 190 Å². The van der Waals surface area contributed by atoms with Crippen LogP contribution in [0.4, 0.5) is 11.4 Å². The Kier molecular flexibility index (Phi) is 6.87. The lowest BCUT2D eigenvalue weighted by molar-refractivity contribution is -0.152. The minimum Gasteiger partial charge on any atom is -0.452 e. The molecule has 0 radical (unpaired) electrons. The number of anilines is 2. The lowest BCUT2D eigenvalue weighted by Crippen LogP contribution is -2.36. The molecule has 4 rings (SSSR count). The van der Waals surface area contributed by atoms with Crippen molar-refractivity contribution in [2.45, 2.75) is 26.4 Å². The Balaban J connectivity index is 1.29. The third-order valence-electron chi connectivity index (χ3n) is 5.12. The summed E-state index contributed by atoms with van der Waals surface area (Å²) in [5.41, 5.74) is 2.23. The summed E-state index contributed by atoms with van der Waals surface area (Å²) in [6.07, 6.45) is -1.00. The summed E-state index contributed by atoms with van der Waals surface area (Å²) < 4.78 is 16.3. The van der Waals surface area contributed by atoms with Crippen LogP contribution in [0.5, 0.6) is 0 Å². The summed E-state index contributed by atoms with van der Waals surface area (Å²) in [7, 11) is 0. The number of morpholine rings is 1. The average molecular weight is 456 g/mol. The van der Waals surface area contributed by atoms with Crippen molar-refractivity contribution in [2.75, 3.05) is 36.5 Å². The molecule has 1 aromatic carbocycles. The average Bonchev–Trinajstić information content (AvgIpc) is 3.45. The topological polar surface area (TPSA) is 93.9 Å². The Bertz CT molecular complexity index is 1060. The summed E-state index contributed by atoms with van der Waals surface area (Å²) in [5.74, 6) is 0.104. The van der Waals surface area contributed by atoms with Crippen molar-refractivity contribution in [3.05, 3.63) is 53.2 Å². The highest BCUT2D eigenvalue weighted by Gasteiger charge is 2.21. The van der Waals surface area contributed by atoms with Crippen molar-refractivity contribution in [1.82, 2.24) is 4.98 Å². The van der Waals surface area contributed by atoms with Crippen molar-refractivity contribution in [2.24, 2.45) is 0 Å². The van der Waals surface area contributed by atoms with Crippen LogP contribution in [0.15, 0.2) is 46.2 Å². The first-order chi connectivity index (χ1) is 15.5. The fourth-order valence-corrected chi connectivity index (χ4v) is 4.00. The van der Waals surface area contributed by atoms with Gasteiger partial charge in [0.1, 0.15) is 5.76 Å². The monoisotopic (exact) mass is 455 g/mol. The number of rotatable bonds is 7. The van der Waals surface area contributed by atoms with Crippen LogP contribution in [-0.2, 0) is 25.5 Å². The first-order valence-electron chi connectivity index (χ1n) is 10.4. The van der Waals surface area contributed by atoms with Gasteiger partial charge in [-0.3, -0.25) is 9.59 Å². The van der Waals surface area contributed by atoms with E-state index in [2.05, 4.69) is 15.2 Å². The molecule has 9 heteroatoms. The number of hydrogen-bond donors (Lipinski definition) is 1. The smallest absolute Gasteiger partial charge is 0.312 e. The molecular weight excluding hydrogens is 430 g/mol. The molecule has 3 heterocycles. The summed E-state index contributed by atoms with van der Waals surface area (Å²) in [6, 6.07) is 11.4. The van der Waals surface area contributed by atoms with E-state index in [1.54, 1.807) is 13.8 Å². The van der Waals surface area contributed by atoms with E-state index in [-0.39, 0.29) is 6.42 Å². The van der Waals surface area contributed by atoms with Gasteiger partial charge in [-0.1, -0.05) is 6.07 Å². The van der Waals surface area contributed by atoms with Crippen molar-refractivity contribution < 1.29 is 23.5 Å². The molecule has 8 nitrogen and oxygen atoms in total. The number of thiophene rings is 1. The van der Waals surface area contributed by atoms with E-state index in [0.29, 0.717) is 36.2 Å². The van der Waals surface area contributed by atoms with E-state index in [4.69, 9.17) is 13.9 Å². The van der Waals surface area contributed by atoms with Crippen LogP contribution in [0.3, 0.4) is 0 Å². The molecule has 1 aliphatic heterocycles. The summed E-state index contributed by atoms with van der Waals surface area (Å²) in [4.78, 5) is 32.3. The maximum Gasteiger partial charge on any atom is 0.312 e. The van der Waals surface area contributed by atoms with Gasteiger partial charge in [0.25, 0.3) is 5.91 Å². The molecule has 168 valence electrons. The van der Waals surface area contributed by atoms with E-state index < -0.39 is 18.0 Å². The van der Waals surface area contributed by atoms with Crippen LogP contribution in [0, 0.1) is 6.92 Å². The van der Waals surface area contributed by atoms with Crippen LogP contribution in [0.1, 0.15) is 18.4 Å². The minimum atomic E-state index is -0.939. The summed E-state index contributed by atoms with van der Waals surface area (Å²) >= 11 is 1.51. The van der Waals surface area contributed by atoms with Crippen molar-refractivity contribution >= 4 is 34.6 Å². The highest BCUT2D eigenvalue weighted by atomic mass is 32.1. The number of amides is 1. The number of aryl methyl sites for hydroxylation is 1. The van der Waals surface area contributed by atoms with Gasteiger partial charge in [-0.25, -0.2) is 4.98 Å². The van der Waals surface area contributed by atoms with Crippen LogP contribution in [0.2, 0.25) is 0 Å². The molecule has 1 fully saturated rings. The molecule has 0 bridgehead atoms. The second-order valence-electron chi connectivity index (χ2n) is 7.44. The maximum absolute atomic E-state index is 12.5. The quantitative estimate of drug-likeness (QED) is 0.544. The molecule has 1 unspecified atom stereocenters. The molecule has 2 aromatic heterocycles. The SMILES string of the molecule is Cc1oc(-c2cccs2)nc1CC(=O)OC(C)C(=O)Nc1ccc(N2CCOCC2)cc1. The van der Waals surface area contributed by atoms with Crippen LogP contribution >= 0.6 is 11.3 Å². The molecule has 0 saturated carbocycles. The number of hydrogen-bond acceptors (Lipinski definition) is 8. The number of aromatic nitrogens is 1. The Hall–Kier alpha value is -3.17. The standard InChI is InChI=1S/C23H25N3O5S/c1-15-19(25-23(31-15)20-4-3-13-32-20)14-21(27)30-16(2)22(28)24-17-5-7-18(8-6-17)26-9-11-29-12-10-26/h3-8,13,16H,9-12,14H2,1-2H3,(H,24,28). The summed E-state index contributed by atoms with van der Waals surface area (Å²) in [6.45, 7) is 6.41. The maximum atomic E-state index is 12.5. The number of benzene rings is 1. The first-order valence-corrected chi connectivity index (χ1v) is 11.3. The molecule has 0 spiro atoms. The summed E-state index contributed by atoms with van der Waals surface area (Å²) in [5, 5.41) is 4.71. The molecule has 1 aliphatic rings. The zero-order chi connectivity index (χ0) is 22.5. The minimum absolute atomic E-state index is 0.0629. The third-order valence-corrected chi connectivity index (χ3v) is 5.98. The number of ether oxygens (including phenoxy) is 2.